The highest BCUT2D eigenvalue weighted by Gasteiger charge is 2.46. The molecule has 0 aliphatic rings. The molecule has 0 aromatic heterocycles. The number of aliphatic carboxylic acids is 2. The smallest absolute Gasteiger partial charge is 0.312 e. The summed E-state index contributed by atoms with van der Waals surface area (Å²) in [5, 5.41) is 26.8. The van der Waals surface area contributed by atoms with Crippen molar-refractivity contribution in [2.45, 2.75) is 32.8 Å². The SMILES string of the molecule is CC(O)(CC(=O)O)C(C)(C)C(=O)O. The molecule has 13 heavy (non-hydrogen) atoms. The Balaban J connectivity index is 4.80. The molecule has 0 saturated carbocycles. The summed E-state index contributed by atoms with van der Waals surface area (Å²) in [6, 6.07) is 0. The van der Waals surface area contributed by atoms with Gasteiger partial charge in [-0.15, -0.1) is 0 Å². The van der Waals surface area contributed by atoms with Crippen LogP contribution >= 0.6 is 0 Å². The van der Waals surface area contributed by atoms with E-state index < -0.39 is 29.4 Å². The predicted molar refractivity (Wildman–Crippen MR) is 44.3 cm³/mol. The average molecular weight is 190 g/mol. The first kappa shape index (κ1) is 11.9. The third-order valence-electron chi connectivity index (χ3n) is 2.38. The van der Waals surface area contributed by atoms with Gasteiger partial charge in [-0.3, -0.25) is 9.59 Å². The minimum absolute atomic E-state index is 0.591. The van der Waals surface area contributed by atoms with Crippen molar-refractivity contribution in [3.63, 3.8) is 0 Å². The highest BCUT2D eigenvalue weighted by Crippen LogP contribution is 2.33. The van der Waals surface area contributed by atoms with E-state index in [-0.39, 0.29) is 0 Å². The summed E-state index contributed by atoms with van der Waals surface area (Å²) in [5.74, 6) is -2.45. The zero-order chi connectivity index (χ0) is 10.9. The van der Waals surface area contributed by atoms with Crippen LogP contribution < -0.4 is 0 Å². The first-order valence-electron chi connectivity index (χ1n) is 3.79. The molecule has 0 spiro atoms. The topological polar surface area (TPSA) is 94.8 Å². The van der Waals surface area contributed by atoms with E-state index in [1.165, 1.54) is 20.8 Å². The highest BCUT2D eigenvalue weighted by molar-refractivity contribution is 5.77. The number of hydrogen-bond acceptors (Lipinski definition) is 3. The lowest BCUT2D eigenvalue weighted by atomic mass is 9.74. The van der Waals surface area contributed by atoms with Crippen LogP contribution in [-0.2, 0) is 9.59 Å². The lowest BCUT2D eigenvalue weighted by Gasteiger charge is -2.35. The average Bonchev–Trinajstić information content (AvgIpc) is 1.83. The van der Waals surface area contributed by atoms with E-state index in [9.17, 15) is 14.7 Å². The summed E-state index contributed by atoms with van der Waals surface area (Å²) in [6.45, 7) is 3.78. The van der Waals surface area contributed by atoms with Crippen molar-refractivity contribution in [2.24, 2.45) is 5.41 Å². The van der Waals surface area contributed by atoms with E-state index in [4.69, 9.17) is 10.2 Å². The Morgan fingerprint density at radius 2 is 1.54 bits per heavy atom. The van der Waals surface area contributed by atoms with Crippen molar-refractivity contribution < 1.29 is 24.9 Å². The molecule has 3 N–H and O–H groups in total. The van der Waals surface area contributed by atoms with Crippen LogP contribution in [0.3, 0.4) is 0 Å². The van der Waals surface area contributed by atoms with Gasteiger partial charge in [0.15, 0.2) is 0 Å². The van der Waals surface area contributed by atoms with Crippen LogP contribution in [0.1, 0.15) is 27.2 Å². The second kappa shape index (κ2) is 3.33. The van der Waals surface area contributed by atoms with Crippen LogP contribution in [0, 0.1) is 5.41 Å². The third-order valence-corrected chi connectivity index (χ3v) is 2.38. The van der Waals surface area contributed by atoms with Crippen LogP contribution in [-0.4, -0.2) is 32.9 Å². The molecule has 0 aliphatic heterocycles. The molecule has 0 saturated heterocycles. The van der Waals surface area contributed by atoms with Crippen LogP contribution in [0.2, 0.25) is 0 Å². The normalized spacial score (nSPS) is 16.3. The molecule has 0 radical (unpaired) electrons. The van der Waals surface area contributed by atoms with E-state index >= 15 is 0 Å². The minimum Gasteiger partial charge on any atom is -0.481 e. The number of carboxylic acids is 2. The number of rotatable bonds is 4. The fourth-order valence-electron chi connectivity index (χ4n) is 0.746. The van der Waals surface area contributed by atoms with Crippen molar-refractivity contribution in [1.82, 2.24) is 0 Å². The number of hydrogen-bond donors (Lipinski definition) is 3. The molecule has 0 fully saturated rings. The maximum atomic E-state index is 10.7. The van der Waals surface area contributed by atoms with Crippen LogP contribution in [0.25, 0.3) is 0 Å². The van der Waals surface area contributed by atoms with Gasteiger partial charge in [-0.2, -0.15) is 0 Å². The number of carboxylic acid groups (broad SMARTS) is 2. The van der Waals surface area contributed by atoms with Gasteiger partial charge in [0.25, 0.3) is 0 Å². The molecule has 5 nitrogen and oxygen atoms in total. The van der Waals surface area contributed by atoms with E-state index in [2.05, 4.69) is 0 Å². The zero-order valence-electron chi connectivity index (χ0n) is 7.87. The molecule has 0 aromatic rings. The number of carbonyl (C=O) groups is 2. The Morgan fingerprint density at radius 1 is 1.15 bits per heavy atom. The van der Waals surface area contributed by atoms with Gasteiger partial charge in [0.05, 0.1) is 17.4 Å². The summed E-state index contributed by atoms with van der Waals surface area (Å²) < 4.78 is 0. The van der Waals surface area contributed by atoms with E-state index in [0.717, 1.165) is 0 Å². The molecule has 1 unspecified atom stereocenters. The summed E-state index contributed by atoms with van der Waals surface area (Å²) in [4.78, 5) is 21.0. The first-order valence-corrected chi connectivity index (χ1v) is 3.79. The largest absolute Gasteiger partial charge is 0.481 e. The van der Waals surface area contributed by atoms with Crippen molar-refractivity contribution in [1.29, 1.82) is 0 Å². The molecule has 0 aromatic carbocycles. The molecule has 5 heteroatoms. The summed E-state index contributed by atoms with van der Waals surface area (Å²) in [5.41, 5.74) is -3.24. The van der Waals surface area contributed by atoms with Gasteiger partial charge >= 0.3 is 11.9 Å². The Kier molecular flexibility index (Phi) is 3.05. The molecule has 0 heterocycles. The number of aliphatic hydroxyl groups is 1. The molecular weight excluding hydrogens is 176 g/mol. The molecule has 76 valence electrons. The first-order chi connectivity index (χ1) is 5.61. The molecule has 0 aliphatic carbocycles. The Hall–Kier alpha value is -1.10. The van der Waals surface area contributed by atoms with Crippen LogP contribution in [0.15, 0.2) is 0 Å². The van der Waals surface area contributed by atoms with Gasteiger partial charge in [0, 0.05) is 0 Å². The Bertz CT molecular complexity index is 229. The Labute approximate surface area is 76.0 Å². The predicted octanol–water partition coefficient (Wildman–Crippen LogP) is 0.323. The lowest BCUT2D eigenvalue weighted by molar-refractivity contribution is -0.167. The summed E-state index contributed by atoms with van der Waals surface area (Å²) in [6.07, 6.45) is -0.591. The van der Waals surface area contributed by atoms with Gasteiger partial charge < -0.3 is 15.3 Å². The van der Waals surface area contributed by atoms with E-state index in [1.807, 2.05) is 0 Å². The van der Waals surface area contributed by atoms with Crippen molar-refractivity contribution in [2.75, 3.05) is 0 Å². The summed E-state index contributed by atoms with van der Waals surface area (Å²) in [7, 11) is 0. The van der Waals surface area contributed by atoms with Crippen LogP contribution in [0.5, 0.6) is 0 Å². The van der Waals surface area contributed by atoms with Gasteiger partial charge in [-0.05, 0) is 20.8 Å². The molecule has 1 atom stereocenters. The van der Waals surface area contributed by atoms with Gasteiger partial charge in [0.2, 0.25) is 0 Å². The van der Waals surface area contributed by atoms with Gasteiger partial charge in [0.1, 0.15) is 0 Å². The standard InChI is InChI=1S/C8H14O5/c1-7(2,6(11)12)8(3,13)4-5(9)10/h13H,4H2,1-3H3,(H,9,10)(H,11,12). The van der Waals surface area contributed by atoms with E-state index in [1.54, 1.807) is 0 Å². The lowest BCUT2D eigenvalue weighted by Crippen LogP contribution is -2.48. The molecule has 0 rings (SSSR count). The molecule has 0 bridgehead atoms. The second-order valence-corrected chi connectivity index (χ2v) is 3.77. The quantitative estimate of drug-likeness (QED) is 0.593. The molecule has 0 amide bonds. The fourth-order valence-corrected chi connectivity index (χ4v) is 0.746. The fraction of sp³-hybridized carbons (Fsp3) is 0.750. The highest BCUT2D eigenvalue weighted by atomic mass is 16.4. The van der Waals surface area contributed by atoms with Gasteiger partial charge in [-0.25, -0.2) is 0 Å². The maximum Gasteiger partial charge on any atom is 0.312 e. The van der Waals surface area contributed by atoms with Crippen molar-refractivity contribution in [3.8, 4) is 0 Å². The monoisotopic (exact) mass is 190 g/mol. The van der Waals surface area contributed by atoms with Crippen molar-refractivity contribution >= 4 is 11.9 Å². The van der Waals surface area contributed by atoms with E-state index in [0.29, 0.717) is 0 Å². The molecular formula is C8H14O5. The minimum atomic E-state index is -1.76. The zero-order valence-corrected chi connectivity index (χ0v) is 7.87. The van der Waals surface area contributed by atoms with Crippen LogP contribution in [0.4, 0.5) is 0 Å². The van der Waals surface area contributed by atoms with Crippen molar-refractivity contribution in [3.05, 3.63) is 0 Å². The third kappa shape index (κ3) is 2.42. The maximum absolute atomic E-state index is 10.7. The van der Waals surface area contributed by atoms with Gasteiger partial charge in [-0.1, -0.05) is 0 Å². The Morgan fingerprint density at radius 3 is 1.77 bits per heavy atom. The second-order valence-electron chi connectivity index (χ2n) is 3.77. The summed E-state index contributed by atoms with van der Waals surface area (Å²) >= 11 is 0.